The quantitative estimate of drug-likeness (QED) is 0.618. The maximum Gasteiger partial charge on any atom is 0.190 e. The van der Waals surface area contributed by atoms with Crippen LogP contribution in [0.1, 0.15) is 10.4 Å². The van der Waals surface area contributed by atoms with Gasteiger partial charge in [-0.05, 0) is 28.6 Å². The first-order valence-corrected chi connectivity index (χ1v) is 4.91. The number of halogens is 2. The van der Waals surface area contributed by atoms with Crippen LogP contribution in [0.15, 0.2) is 31.1 Å². The van der Waals surface area contributed by atoms with E-state index in [0.717, 1.165) is 6.08 Å². The minimum absolute atomic E-state index is 0.146. The minimum Gasteiger partial charge on any atom is -0.289 e. The molecule has 1 aromatic heterocycles. The number of aromatic nitrogens is 4. The smallest absolute Gasteiger partial charge is 0.190 e. The summed E-state index contributed by atoms with van der Waals surface area (Å²) in [5.74, 6) is -1.40. The number of carbonyl (C=O) groups excluding carboxylic acids is 1. The largest absolute Gasteiger partial charge is 0.289 e. The molecule has 2 rings (SSSR count). The lowest BCUT2D eigenvalue weighted by Gasteiger charge is -2.07. The molecule has 0 aliphatic carbocycles. The first kappa shape index (κ1) is 11.4. The van der Waals surface area contributed by atoms with E-state index >= 15 is 0 Å². The van der Waals surface area contributed by atoms with Gasteiger partial charge in [-0.3, -0.25) is 4.79 Å². The molecule has 0 saturated carbocycles. The normalized spacial score (nSPS) is 10.2. The summed E-state index contributed by atoms with van der Waals surface area (Å²) in [7, 11) is 0. The Morgan fingerprint density at radius 2 is 2.29 bits per heavy atom. The molecule has 0 radical (unpaired) electrons. The number of tetrazole rings is 1. The summed E-state index contributed by atoms with van der Waals surface area (Å²) >= 11 is 5.63. The van der Waals surface area contributed by atoms with E-state index < -0.39 is 11.6 Å². The fourth-order valence-corrected chi connectivity index (χ4v) is 1.50. The molecule has 0 N–H and O–H groups in total. The van der Waals surface area contributed by atoms with Gasteiger partial charge in [0.05, 0.1) is 16.3 Å². The van der Waals surface area contributed by atoms with Gasteiger partial charge in [0, 0.05) is 0 Å². The van der Waals surface area contributed by atoms with Crippen molar-refractivity contribution in [2.24, 2.45) is 0 Å². The van der Waals surface area contributed by atoms with Gasteiger partial charge in [0.2, 0.25) is 0 Å². The lowest BCUT2D eigenvalue weighted by Crippen LogP contribution is -2.08. The average Bonchev–Trinajstić information content (AvgIpc) is 2.85. The first-order valence-electron chi connectivity index (χ1n) is 4.53. The highest BCUT2D eigenvalue weighted by Gasteiger charge is 2.19. The fourth-order valence-electron chi connectivity index (χ4n) is 1.34. The Balaban J connectivity index is 2.72. The van der Waals surface area contributed by atoms with Crippen molar-refractivity contribution in [3.05, 3.63) is 47.5 Å². The van der Waals surface area contributed by atoms with Gasteiger partial charge in [0.1, 0.15) is 6.33 Å². The van der Waals surface area contributed by atoms with E-state index in [1.807, 2.05) is 0 Å². The number of hydrogen-bond donors (Lipinski definition) is 0. The third-order valence-electron chi connectivity index (χ3n) is 2.10. The minimum atomic E-state index is -0.815. The Kier molecular flexibility index (Phi) is 2.97. The van der Waals surface area contributed by atoms with Crippen LogP contribution in [0.3, 0.4) is 0 Å². The number of benzene rings is 1. The average molecular weight is 253 g/mol. The third kappa shape index (κ3) is 1.94. The number of nitrogens with zero attached hydrogens (tertiary/aromatic N) is 4. The summed E-state index contributed by atoms with van der Waals surface area (Å²) in [5.41, 5.74) is 0.00148. The van der Waals surface area contributed by atoms with Gasteiger partial charge in [-0.1, -0.05) is 18.2 Å². The van der Waals surface area contributed by atoms with Crippen molar-refractivity contribution in [3.8, 4) is 5.69 Å². The zero-order chi connectivity index (χ0) is 12.4. The predicted octanol–water partition coefficient (Wildman–Crippen LogP) is 1.82. The fraction of sp³-hybridized carbons (Fsp3) is 0. The van der Waals surface area contributed by atoms with Crippen LogP contribution in [0.4, 0.5) is 4.39 Å². The number of rotatable bonds is 3. The van der Waals surface area contributed by atoms with Gasteiger partial charge >= 0.3 is 0 Å². The third-order valence-corrected chi connectivity index (χ3v) is 2.39. The van der Waals surface area contributed by atoms with Gasteiger partial charge in [-0.15, -0.1) is 5.10 Å². The molecule has 0 amide bonds. The van der Waals surface area contributed by atoms with Crippen molar-refractivity contribution < 1.29 is 9.18 Å². The number of allylic oxidation sites excluding steroid dienone is 1. The Morgan fingerprint density at radius 1 is 1.53 bits per heavy atom. The molecule has 0 unspecified atom stereocenters. The summed E-state index contributed by atoms with van der Waals surface area (Å²) in [6.07, 6.45) is 2.26. The molecule has 86 valence electrons. The van der Waals surface area contributed by atoms with Crippen LogP contribution in [0.5, 0.6) is 0 Å². The molecule has 0 saturated heterocycles. The Morgan fingerprint density at radius 3 is 2.88 bits per heavy atom. The summed E-state index contributed by atoms with van der Waals surface area (Å²) in [6.45, 7) is 3.31. The van der Waals surface area contributed by atoms with Crippen molar-refractivity contribution in [2.75, 3.05) is 0 Å². The standard InChI is InChI=1S/C10H6ClFN4O/c1-2-8(17)9-7(16-5-13-14-15-16)4-3-6(11)10(9)12/h2-5H,1H2. The predicted molar refractivity (Wildman–Crippen MR) is 58.6 cm³/mol. The van der Waals surface area contributed by atoms with Gasteiger partial charge < -0.3 is 0 Å². The van der Waals surface area contributed by atoms with Crippen molar-refractivity contribution >= 4 is 17.4 Å². The van der Waals surface area contributed by atoms with Crippen LogP contribution in [-0.2, 0) is 0 Å². The Bertz CT molecular complexity index is 582. The maximum atomic E-state index is 13.8. The van der Waals surface area contributed by atoms with Crippen LogP contribution >= 0.6 is 11.6 Å². The van der Waals surface area contributed by atoms with Crippen LogP contribution < -0.4 is 0 Å². The molecule has 0 aliphatic rings. The summed E-state index contributed by atoms with van der Waals surface area (Å²) in [5, 5.41) is 10.3. The molecular formula is C10H6ClFN4O. The first-order chi connectivity index (χ1) is 8.15. The molecule has 5 nitrogen and oxygen atoms in total. The molecule has 0 bridgehead atoms. The lowest BCUT2D eigenvalue weighted by atomic mass is 10.1. The topological polar surface area (TPSA) is 60.7 Å². The molecule has 17 heavy (non-hydrogen) atoms. The van der Waals surface area contributed by atoms with Crippen LogP contribution in [0.2, 0.25) is 5.02 Å². The van der Waals surface area contributed by atoms with Crippen molar-refractivity contribution in [1.29, 1.82) is 0 Å². The summed E-state index contributed by atoms with van der Waals surface area (Å²) in [4.78, 5) is 11.6. The maximum absolute atomic E-state index is 13.8. The molecule has 2 aromatic rings. The molecule has 1 heterocycles. The lowest BCUT2D eigenvalue weighted by molar-refractivity contribution is 0.104. The molecule has 7 heteroatoms. The number of carbonyl (C=O) groups is 1. The monoisotopic (exact) mass is 252 g/mol. The number of ketones is 1. The van der Waals surface area contributed by atoms with Crippen molar-refractivity contribution in [3.63, 3.8) is 0 Å². The Labute approximate surface area is 101 Å². The molecule has 0 atom stereocenters. The molecule has 0 spiro atoms. The van der Waals surface area contributed by atoms with E-state index in [2.05, 4.69) is 22.1 Å². The molecule has 0 aliphatic heterocycles. The van der Waals surface area contributed by atoms with E-state index in [4.69, 9.17) is 11.6 Å². The van der Waals surface area contributed by atoms with Gasteiger partial charge in [0.25, 0.3) is 0 Å². The summed E-state index contributed by atoms with van der Waals surface area (Å²) < 4.78 is 15.0. The highest BCUT2D eigenvalue weighted by Crippen LogP contribution is 2.24. The van der Waals surface area contributed by atoms with Crippen molar-refractivity contribution in [2.45, 2.75) is 0 Å². The Hall–Kier alpha value is -2.08. The van der Waals surface area contributed by atoms with Crippen LogP contribution in [0, 0.1) is 5.82 Å². The van der Waals surface area contributed by atoms with Gasteiger partial charge in [-0.2, -0.15) is 4.68 Å². The molecule has 1 aromatic carbocycles. The van der Waals surface area contributed by atoms with E-state index in [1.54, 1.807) is 0 Å². The zero-order valence-corrected chi connectivity index (χ0v) is 9.23. The van der Waals surface area contributed by atoms with Gasteiger partial charge in [0.15, 0.2) is 11.6 Å². The second-order valence-electron chi connectivity index (χ2n) is 3.08. The van der Waals surface area contributed by atoms with E-state index in [0.29, 0.717) is 0 Å². The van der Waals surface area contributed by atoms with E-state index in [9.17, 15) is 9.18 Å². The van der Waals surface area contributed by atoms with Crippen LogP contribution in [-0.4, -0.2) is 26.0 Å². The zero-order valence-electron chi connectivity index (χ0n) is 8.47. The number of hydrogen-bond acceptors (Lipinski definition) is 4. The highest BCUT2D eigenvalue weighted by atomic mass is 35.5. The van der Waals surface area contributed by atoms with Gasteiger partial charge in [-0.25, -0.2) is 4.39 Å². The summed E-state index contributed by atoms with van der Waals surface area (Å²) in [6, 6.07) is 2.78. The van der Waals surface area contributed by atoms with E-state index in [1.165, 1.54) is 23.1 Å². The second-order valence-corrected chi connectivity index (χ2v) is 3.49. The highest BCUT2D eigenvalue weighted by molar-refractivity contribution is 6.31. The van der Waals surface area contributed by atoms with Crippen molar-refractivity contribution in [1.82, 2.24) is 20.2 Å². The van der Waals surface area contributed by atoms with E-state index in [-0.39, 0.29) is 16.3 Å². The SMILES string of the molecule is C=CC(=O)c1c(-n2cnnn2)ccc(Cl)c1F. The molecule has 0 fully saturated rings. The molecular weight excluding hydrogens is 247 g/mol. The second kappa shape index (κ2) is 4.42. The van der Waals surface area contributed by atoms with Crippen LogP contribution in [0.25, 0.3) is 5.69 Å².